The second-order valence-electron chi connectivity index (χ2n) is 7.03. The standard InChI is InChI=1S/C22H23NO5S/c1-2-16-28-19-8-10-20(11-9-19)29(26,27)22(21(24)25)12-14-23(15-13-22)17-18-6-4-3-5-7-18/h1,3-11H,12-17H2,(H,24,25). The largest absolute Gasteiger partial charge is 0.481 e. The molecule has 6 nitrogen and oxygen atoms in total. The van der Waals surface area contributed by atoms with E-state index in [0.717, 1.165) is 5.56 Å². The number of carboxylic acid groups (broad SMARTS) is 1. The van der Waals surface area contributed by atoms with Crippen LogP contribution in [-0.2, 0) is 21.2 Å². The molecule has 2 aromatic carbocycles. The Kier molecular flexibility index (Phi) is 6.26. The van der Waals surface area contributed by atoms with Crippen LogP contribution in [0.5, 0.6) is 5.75 Å². The first-order valence-corrected chi connectivity index (χ1v) is 10.8. The minimum atomic E-state index is -4.08. The lowest BCUT2D eigenvalue weighted by Gasteiger charge is -2.38. The number of terminal acetylenes is 1. The predicted octanol–water partition coefficient (Wildman–Crippen LogP) is 2.59. The Morgan fingerprint density at radius 2 is 1.72 bits per heavy atom. The second-order valence-corrected chi connectivity index (χ2v) is 9.29. The third-order valence-corrected chi connectivity index (χ3v) is 7.78. The van der Waals surface area contributed by atoms with Crippen molar-refractivity contribution >= 4 is 15.8 Å². The highest BCUT2D eigenvalue weighted by molar-refractivity contribution is 7.93. The lowest BCUT2D eigenvalue weighted by Crippen LogP contribution is -2.54. The number of carboxylic acids is 1. The van der Waals surface area contributed by atoms with Crippen LogP contribution in [0.2, 0.25) is 0 Å². The van der Waals surface area contributed by atoms with Gasteiger partial charge in [-0.1, -0.05) is 36.3 Å². The molecule has 0 atom stereocenters. The lowest BCUT2D eigenvalue weighted by molar-refractivity contribution is -0.141. The zero-order chi connectivity index (χ0) is 20.9. The maximum absolute atomic E-state index is 13.3. The molecule has 0 radical (unpaired) electrons. The molecule has 3 rings (SSSR count). The molecule has 0 amide bonds. The quantitative estimate of drug-likeness (QED) is 0.703. The molecule has 0 unspecified atom stereocenters. The number of benzene rings is 2. The van der Waals surface area contributed by atoms with Gasteiger partial charge in [0.15, 0.2) is 14.6 Å². The van der Waals surface area contributed by atoms with E-state index in [9.17, 15) is 18.3 Å². The van der Waals surface area contributed by atoms with Crippen molar-refractivity contribution in [2.45, 2.75) is 29.0 Å². The molecule has 0 spiro atoms. The molecular formula is C22H23NO5S. The van der Waals surface area contributed by atoms with Gasteiger partial charge in [0.05, 0.1) is 4.90 Å². The molecule has 29 heavy (non-hydrogen) atoms. The zero-order valence-electron chi connectivity index (χ0n) is 16.0. The molecule has 0 saturated carbocycles. The van der Waals surface area contributed by atoms with E-state index >= 15 is 0 Å². The number of nitrogens with zero attached hydrogens (tertiary/aromatic N) is 1. The summed E-state index contributed by atoms with van der Waals surface area (Å²) in [5.74, 6) is 1.47. The Morgan fingerprint density at radius 3 is 2.28 bits per heavy atom. The van der Waals surface area contributed by atoms with Crippen molar-refractivity contribution in [1.29, 1.82) is 0 Å². The van der Waals surface area contributed by atoms with E-state index in [2.05, 4.69) is 10.8 Å². The number of hydrogen-bond donors (Lipinski definition) is 1. The van der Waals surface area contributed by atoms with Crippen LogP contribution in [0.4, 0.5) is 0 Å². The third kappa shape index (κ3) is 4.29. The first-order chi connectivity index (χ1) is 13.9. The molecule has 1 fully saturated rings. The number of likely N-dealkylation sites (tertiary alicyclic amines) is 1. The van der Waals surface area contributed by atoms with Gasteiger partial charge in [-0.2, -0.15) is 0 Å². The van der Waals surface area contributed by atoms with Gasteiger partial charge in [0, 0.05) is 19.6 Å². The number of hydrogen-bond acceptors (Lipinski definition) is 5. The minimum Gasteiger partial charge on any atom is -0.481 e. The summed E-state index contributed by atoms with van der Waals surface area (Å²) in [6.45, 7) is 1.52. The minimum absolute atomic E-state index is 0.0236. The lowest BCUT2D eigenvalue weighted by atomic mass is 9.95. The second kappa shape index (κ2) is 8.68. The molecule has 7 heteroatoms. The molecular weight excluding hydrogens is 390 g/mol. The van der Waals surface area contributed by atoms with Gasteiger partial charge in [-0.25, -0.2) is 8.42 Å². The van der Waals surface area contributed by atoms with Crippen LogP contribution in [0, 0.1) is 12.3 Å². The number of ether oxygens (including phenoxy) is 1. The Morgan fingerprint density at radius 1 is 1.10 bits per heavy atom. The van der Waals surface area contributed by atoms with E-state index in [0.29, 0.717) is 25.4 Å². The van der Waals surface area contributed by atoms with Crippen LogP contribution in [0.25, 0.3) is 0 Å². The first kappa shape index (κ1) is 20.9. The molecule has 0 aromatic heterocycles. The van der Waals surface area contributed by atoms with Crippen molar-refractivity contribution in [3.05, 3.63) is 60.2 Å². The highest BCUT2D eigenvalue weighted by Crippen LogP contribution is 2.36. The average Bonchev–Trinajstić information content (AvgIpc) is 2.73. The number of aliphatic carboxylic acids is 1. The maximum Gasteiger partial charge on any atom is 0.325 e. The van der Waals surface area contributed by atoms with Crippen LogP contribution in [0.1, 0.15) is 18.4 Å². The zero-order valence-corrected chi connectivity index (χ0v) is 16.8. The Balaban J connectivity index is 1.78. The van der Waals surface area contributed by atoms with Crippen LogP contribution in [0.15, 0.2) is 59.5 Å². The van der Waals surface area contributed by atoms with Gasteiger partial charge in [-0.15, -0.1) is 6.42 Å². The van der Waals surface area contributed by atoms with E-state index < -0.39 is 20.6 Å². The number of sulfone groups is 1. The molecule has 1 heterocycles. The summed E-state index contributed by atoms with van der Waals surface area (Å²) in [5.41, 5.74) is 1.11. The van der Waals surface area contributed by atoms with Gasteiger partial charge in [-0.3, -0.25) is 9.69 Å². The fraction of sp³-hybridized carbons (Fsp3) is 0.318. The fourth-order valence-corrected chi connectivity index (χ4v) is 5.47. The van der Waals surface area contributed by atoms with E-state index in [4.69, 9.17) is 11.2 Å². The van der Waals surface area contributed by atoms with Crippen molar-refractivity contribution in [3.63, 3.8) is 0 Å². The normalized spacial score (nSPS) is 16.7. The highest BCUT2D eigenvalue weighted by Gasteiger charge is 2.53. The molecule has 1 aliphatic rings. The molecule has 1 aliphatic heterocycles. The van der Waals surface area contributed by atoms with Crippen LogP contribution >= 0.6 is 0 Å². The van der Waals surface area contributed by atoms with Gasteiger partial charge in [0.2, 0.25) is 0 Å². The van der Waals surface area contributed by atoms with Gasteiger partial charge in [0.25, 0.3) is 0 Å². The maximum atomic E-state index is 13.3. The molecule has 0 bridgehead atoms. The molecule has 1 N–H and O–H groups in total. The Bertz CT molecular complexity index is 986. The fourth-order valence-electron chi connectivity index (χ4n) is 3.58. The van der Waals surface area contributed by atoms with Crippen LogP contribution in [-0.4, -0.2) is 48.8 Å². The topological polar surface area (TPSA) is 83.9 Å². The SMILES string of the molecule is C#CCOc1ccc(S(=O)(=O)C2(C(=O)O)CCN(Cc3ccccc3)CC2)cc1. The van der Waals surface area contributed by atoms with Gasteiger partial charge in [0.1, 0.15) is 12.4 Å². The monoisotopic (exact) mass is 413 g/mol. The first-order valence-electron chi connectivity index (χ1n) is 9.30. The summed E-state index contributed by atoms with van der Waals surface area (Å²) >= 11 is 0. The molecule has 152 valence electrons. The summed E-state index contributed by atoms with van der Waals surface area (Å²) in [4.78, 5) is 14.2. The van der Waals surface area contributed by atoms with Crippen molar-refractivity contribution in [2.75, 3.05) is 19.7 Å². The Hall–Kier alpha value is -2.82. The van der Waals surface area contributed by atoms with Crippen molar-refractivity contribution in [2.24, 2.45) is 0 Å². The summed E-state index contributed by atoms with van der Waals surface area (Å²) in [6, 6.07) is 15.6. The number of piperidine rings is 1. The van der Waals surface area contributed by atoms with Crippen molar-refractivity contribution in [1.82, 2.24) is 4.90 Å². The van der Waals surface area contributed by atoms with E-state index in [1.807, 2.05) is 30.3 Å². The summed E-state index contributed by atoms with van der Waals surface area (Å²) < 4.78 is 30.0. The summed E-state index contributed by atoms with van der Waals surface area (Å²) in [7, 11) is -4.08. The number of rotatable bonds is 7. The average molecular weight is 413 g/mol. The van der Waals surface area contributed by atoms with Crippen LogP contribution in [0.3, 0.4) is 0 Å². The number of carbonyl (C=O) groups is 1. The van der Waals surface area contributed by atoms with Crippen molar-refractivity contribution < 1.29 is 23.1 Å². The third-order valence-electron chi connectivity index (χ3n) is 5.27. The highest BCUT2D eigenvalue weighted by atomic mass is 32.2. The van der Waals surface area contributed by atoms with Gasteiger partial charge < -0.3 is 9.84 Å². The summed E-state index contributed by atoms with van der Waals surface area (Å²) in [5, 5.41) is 9.89. The summed E-state index contributed by atoms with van der Waals surface area (Å²) in [6.07, 6.45) is 5.21. The van der Waals surface area contributed by atoms with E-state index in [1.165, 1.54) is 24.3 Å². The van der Waals surface area contributed by atoms with E-state index in [1.54, 1.807) is 0 Å². The Labute approximate surface area is 171 Å². The van der Waals surface area contributed by atoms with Gasteiger partial charge in [-0.05, 0) is 42.7 Å². The van der Waals surface area contributed by atoms with Crippen molar-refractivity contribution in [3.8, 4) is 18.1 Å². The molecule has 2 aromatic rings. The predicted molar refractivity (Wildman–Crippen MR) is 109 cm³/mol. The molecule has 0 aliphatic carbocycles. The molecule has 1 saturated heterocycles. The van der Waals surface area contributed by atoms with E-state index in [-0.39, 0.29) is 24.3 Å². The smallest absolute Gasteiger partial charge is 0.325 e. The van der Waals surface area contributed by atoms with Crippen LogP contribution < -0.4 is 4.74 Å². The van der Waals surface area contributed by atoms with Gasteiger partial charge >= 0.3 is 5.97 Å².